The van der Waals surface area contributed by atoms with Crippen molar-refractivity contribution in [2.24, 2.45) is 0 Å². The normalized spacial score (nSPS) is 10.9. The fraction of sp³-hybridized carbons (Fsp3) is 0.0526. The number of nitrogens with one attached hydrogen (secondary N) is 1. The second-order valence-corrected chi connectivity index (χ2v) is 5.92. The van der Waals surface area contributed by atoms with Crippen molar-refractivity contribution in [2.45, 2.75) is 4.90 Å². The maximum Gasteiger partial charge on any atom is 0.248 e. The predicted molar refractivity (Wildman–Crippen MR) is 99.5 cm³/mol. The van der Waals surface area contributed by atoms with Gasteiger partial charge in [-0.3, -0.25) is 4.79 Å². The largest absolute Gasteiger partial charge is 0.321 e. The highest BCUT2D eigenvalue weighted by molar-refractivity contribution is 7.98. The van der Waals surface area contributed by atoms with E-state index in [0.717, 1.165) is 21.8 Å². The van der Waals surface area contributed by atoms with E-state index in [-0.39, 0.29) is 5.91 Å². The van der Waals surface area contributed by atoms with Gasteiger partial charge in [0.2, 0.25) is 5.91 Å². The standard InChI is InChI=1S/C19H17N3OS/c1-24-18-10-6-5-9-17(18)21-19(23)12-11-15-13-20-22(14-15)16-7-3-2-4-8-16/h2-14H,1H3,(H,21,23)/b12-11+. The molecular weight excluding hydrogens is 318 g/mol. The Morgan fingerprint density at radius 3 is 2.67 bits per heavy atom. The van der Waals surface area contributed by atoms with Crippen LogP contribution in [0.4, 0.5) is 5.69 Å². The molecule has 1 amide bonds. The van der Waals surface area contributed by atoms with Gasteiger partial charge in [0, 0.05) is 22.7 Å². The average Bonchev–Trinajstić information content (AvgIpc) is 3.10. The van der Waals surface area contributed by atoms with Crippen LogP contribution in [0.15, 0.2) is 78.0 Å². The number of thioether (sulfide) groups is 1. The number of rotatable bonds is 5. The summed E-state index contributed by atoms with van der Waals surface area (Å²) in [5.41, 5.74) is 2.67. The Bertz CT molecular complexity index is 856. The van der Waals surface area contributed by atoms with Gasteiger partial charge in [-0.15, -0.1) is 11.8 Å². The minimum absolute atomic E-state index is 0.163. The molecule has 0 fully saturated rings. The summed E-state index contributed by atoms with van der Waals surface area (Å²) in [6.07, 6.45) is 8.87. The van der Waals surface area contributed by atoms with Crippen LogP contribution in [-0.2, 0) is 4.79 Å². The summed E-state index contributed by atoms with van der Waals surface area (Å²) in [5.74, 6) is -0.163. The molecule has 0 aliphatic rings. The Labute approximate surface area is 145 Å². The highest BCUT2D eigenvalue weighted by Gasteiger charge is 2.03. The van der Waals surface area contributed by atoms with Gasteiger partial charge >= 0.3 is 0 Å². The van der Waals surface area contributed by atoms with E-state index in [2.05, 4.69) is 10.4 Å². The van der Waals surface area contributed by atoms with E-state index in [9.17, 15) is 4.79 Å². The lowest BCUT2D eigenvalue weighted by atomic mass is 10.3. The third-order valence-corrected chi connectivity index (χ3v) is 4.21. The summed E-state index contributed by atoms with van der Waals surface area (Å²) in [5, 5.41) is 7.20. The van der Waals surface area contributed by atoms with Crippen molar-refractivity contribution in [3.63, 3.8) is 0 Å². The summed E-state index contributed by atoms with van der Waals surface area (Å²) in [4.78, 5) is 13.1. The number of nitrogens with zero attached hydrogens (tertiary/aromatic N) is 2. The molecule has 0 aliphatic heterocycles. The number of benzene rings is 2. The van der Waals surface area contributed by atoms with E-state index in [4.69, 9.17) is 0 Å². The number of carbonyl (C=O) groups is 1. The van der Waals surface area contributed by atoms with Crippen molar-refractivity contribution in [3.05, 3.63) is 78.6 Å². The van der Waals surface area contributed by atoms with Crippen molar-refractivity contribution in [3.8, 4) is 5.69 Å². The van der Waals surface area contributed by atoms with Crippen molar-refractivity contribution >= 4 is 29.4 Å². The van der Waals surface area contributed by atoms with E-state index >= 15 is 0 Å². The molecule has 0 radical (unpaired) electrons. The molecule has 3 aromatic rings. The smallest absolute Gasteiger partial charge is 0.248 e. The second-order valence-electron chi connectivity index (χ2n) is 5.08. The molecule has 0 unspecified atom stereocenters. The summed E-state index contributed by atoms with van der Waals surface area (Å²) < 4.78 is 1.78. The SMILES string of the molecule is CSc1ccccc1NC(=O)/C=C/c1cnn(-c2ccccc2)c1. The zero-order chi connectivity index (χ0) is 16.8. The first kappa shape index (κ1) is 16.1. The van der Waals surface area contributed by atoms with Crippen LogP contribution in [0.1, 0.15) is 5.56 Å². The Balaban J connectivity index is 1.68. The van der Waals surface area contributed by atoms with Gasteiger partial charge < -0.3 is 5.32 Å². The second kappa shape index (κ2) is 7.66. The summed E-state index contributed by atoms with van der Waals surface area (Å²) in [6, 6.07) is 17.6. The van der Waals surface area contributed by atoms with Gasteiger partial charge in [-0.1, -0.05) is 30.3 Å². The third kappa shape index (κ3) is 3.94. The Hall–Kier alpha value is -2.79. The molecule has 1 N–H and O–H groups in total. The minimum Gasteiger partial charge on any atom is -0.321 e. The van der Waals surface area contributed by atoms with Crippen LogP contribution in [0, 0.1) is 0 Å². The molecule has 0 saturated carbocycles. The molecule has 1 heterocycles. The number of anilines is 1. The summed E-state index contributed by atoms with van der Waals surface area (Å²) in [7, 11) is 0. The molecule has 5 heteroatoms. The molecule has 0 atom stereocenters. The number of hydrogen-bond acceptors (Lipinski definition) is 3. The van der Waals surface area contributed by atoms with Crippen LogP contribution < -0.4 is 5.32 Å². The van der Waals surface area contributed by atoms with Crippen molar-refractivity contribution < 1.29 is 4.79 Å². The number of carbonyl (C=O) groups excluding carboxylic acids is 1. The highest BCUT2D eigenvalue weighted by atomic mass is 32.2. The fourth-order valence-corrected chi connectivity index (χ4v) is 2.79. The maximum absolute atomic E-state index is 12.1. The van der Waals surface area contributed by atoms with Gasteiger partial charge in [0.15, 0.2) is 0 Å². The molecule has 0 bridgehead atoms. The lowest BCUT2D eigenvalue weighted by molar-refractivity contribution is -0.111. The molecule has 1 aromatic heterocycles. The zero-order valence-corrected chi connectivity index (χ0v) is 14.0. The average molecular weight is 335 g/mol. The molecule has 24 heavy (non-hydrogen) atoms. The van der Waals surface area contributed by atoms with Crippen molar-refractivity contribution in [2.75, 3.05) is 11.6 Å². The molecule has 0 spiro atoms. The fourth-order valence-electron chi connectivity index (χ4n) is 2.24. The maximum atomic E-state index is 12.1. The lowest BCUT2D eigenvalue weighted by Crippen LogP contribution is -2.08. The topological polar surface area (TPSA) is 46.9 Å². The van der Waals surface area contributed by atoms with Gasteiger partial charge in [0.25, 0.3) is 0 Å². The quantitative estimate of drug-likeness (QED) is 0.560. The van der Waals surface area contributed by atoms with Crippen molar-refractivity contribution in [1.29, 1.82) is 0 Å². The third-order valence-electron chi connectivity index (χ3n) is 3.42. The summed E-state index contributed by atoms with van der Waals surface area (Å²) in [6.45, 7) is 0. The van der Waals surface area contributed by atoms with Crippen LogP contribution in [0.2, 0.25) is 0 Å². The first-order chi connectivity index (χ1) is 11.8. The predicted octanol–water partition coefficient (Wildman–Crippen LogP) is 4.25. The van der Waals surface area contributed by atoms with Gasteiger partial charge in [0.1, 0.15) is 0 Å². The van der Waals surface area contributed by atoms with E-state index in [1.807, 2.05) is 67.0 Å². The number of hydrogen-bond donors (Lipinski definition) is 1. The monoisotopic (exact) mass is 335 g/mol. The van der Waals surface area contributed by atoms with Crippen LogP contribution in [0.5, 0.6) is 0 Å². The van der Waals surface area contributed by atoms with E-state index in [1.54, 1.807) is 28.7 Å². The van der Waals surface area contributed by atoms with Gasteiger partial charge in [-0.05, 0) is 36.6 Å². The van der Waals surface area contributed by atoms with Crippen LogP contribution in [0.25, 0.3) is 11.8 Å². The van der Waals surface area contributed by atoms with E-state index < -0.39 is 0 Å². The number of amides is 1. The van der Waals surface area contributed by atoms with Gasteiger partial charge in [-0.25, -0.2) is 4.68 Å². The molecule has 3 rings (SSSR count). The van der Waals surface area contributed by atoms with Gasteiger partial charge in [-0.2, -0.15) is 5.10 Å². The van der Waals surface area contributed by atoms with Crippen LogP contribution in [-0.4, -0.2) is 21.9 Å². The zero-order valence-electron chi connectivity index (χ0n) is 13.2. The molecule has 0 aliphatic carbocycles. The van der Waals surface area contributed by atoms with Gasteiger partial charge in [0.05, 0.1) is 17.6 Å². The van der Waals surface area contributed by atoms with E-state index in [1.165, 1.54) is 6.08 Å². The Kier molecular flexibility index (Phi) is 5.13. The highest BCUT2D eigenvalue weighted by Crippen LogP contribution is 2.24. The minimum atomic E-state index is -0.163. The molecule has 120 valence electrons. The first-order valence-corrected chi connectivity index (χ1v) is 8.71. The molecule has 0 saturated heterocycles. The number of aromatic nitrogens is 2. The summed E-state index contributed by atoms with van der Waals surface area (Å²) >= 11 is 1.60. The molecular formula is C19H17N3OS. The van der Waals surface area contributed by atoms with Crippen molar-refractivity contribution in [1.82, 2.24) is 9.78 Å². The van der Waals surface area contributed by atoms with Crippen LogP contribution >= 0.6 is 11.8 Å². The first-order valence-electron chi connectivity index (χ1n) is 7.48. The lowest BCUT2D eigenvalue weighted by Gasteiger charge is -2.06. The van der Waals surface area contributed by atoms with E-state index in [0.29, 0.717) is 0 Å². The van der Waals surface area contributed by atoms with Crippen LogP contribution in [0.3, 0.4) is 0 Å². The molecule has 2 aromatic carbocycles. The Morgan fingerprint density at radius 1 is 1.12 bits per heavy atom. The number of para-hydroxylation sites is 2. The Morgan fingerprint density at radius 2 is 1.88 bits per heavy atom. The molecule has 4 nitrogen and oxygen atoms in total.